The van der Waals surface area contributed by atoms with Crippen molar-refractivity contribution in [3.8, 4) is 0 Å². The Bertz CT molecular complexity index is 408. The molecule has 5 heteroatoms. The van der Waals surface area contributed by atoms with Crippen LogP contribution in [-0.4, -0.2) is 37.1 Å². The average molecular weight is 284 g/mol. The summed E-state index contributed by atoms with van der Waals surface area (Å²) in [5, 5.41) is 6.18. The number of urea groups is 1. The summed E-state index contributed by atoms with van der Waals surface area (Å²) < 4.78 is 0. The molecule has 4 nitrogen and oxygen atoms in total. The fraction of sp³-hybridized carbons (Fsp3) is 0.500. The van der Waals surface area contributed by atoms with E-state index in [1.807, 2.05) is 43.1 Å². The summed E-state index contributed by atoms with van der Waals surface area (Å²) >= 11 is 0. The Morgan fingerprint density at radius 2 is 2.00 bits per heavy atom. The molecule has 2 rings (SSSR count). The van der Waals surface area contributed by atoms with E-state index >= 15 is 0 Å². The minimum Gasteiger partial charge on any atom is -0.323 e. The fourth-order valence-corrected chi connectivity index (χ4v) is 2.24. The lowest BCUT2D eigenvalue weighted by Crippen LogP contribution is -2.48. The van der Waals surface area contributed by atoms with Crippen LogP contribution in [0.5, 0.6) is 0 Å². The molecule has 1 heterocycles. The van der Waals surface area contributed by atoms with Crippen molar-refractivity contribution in [3.63, 3.8) is 0 Å². The van der Waals surface area contributed by atoms with Gasteiger partial charge in [-0.05, 0) is 38.9 Å². The molecule has 1 saturated heterocycles. The van der Waals surface area contributed by atoms with Crippen LogP contribution in [-0.2, 0) is 0 Å². The largest absolute Gasteiger partial charge is 0.323 e. The Labute approximate surface area is 121 Å². The predicted octanol–water partition coefficient (Wildman–Crippen LogP) is 2.63. The van der Waals surface area contributed by atoms with Gasteiger partial charge in [-0.25, -0.2) is 4.79 Å². The highest BCUT2D eigenvalue weighted by molar-refractivity contribution is 5.89. The second-order valence-corrected chi connectivity index (χ2v) is 4.87. The zero-order valence-corrected chi connectivity index (χ0v) is 12.3. The summed E-state index contributed by atoms with van der Waals surface area (Å²) in [6.07, 6.45) is 2.21. The van der Waals surface area contributed by atoms with Gasteiger partial charge < -0.3 is 15.5 Å². The fourth-order valence-electron chi connectivity index (χ4n) is 2.24. The first-order chi connectivity index (χ1) is 8.69. The summed E-state index contributed by atoms with van der Waals surface area (Å²) in [4.78, 5) is 14.0. The number of carbonyl (C=O) groups is 1. The number of carbonyl (C=O) groups excluding carboxylic acids is 1. The Morgan fingerprint density at radius 1 is 1.32 bits per heavy atom. The zero-order valence-electron chi connectivity index (χ0n) is 11.5. The van der Waals surface area contributed by atoms with Crippen molar-refractivity contribution in [2.75, 3.05) is 25.5 Å². The van der Waals surface area contributed by atoms with Crippen molar-refractivity contribution in [2.45, 2.75) is 25.8 Å². The van der Waals surface area contributed by atoms with Gasteiger partial charge in [0, 0.05) is 24.8 Å². The van der Waals surface area contributed by atoms with Gasteiger partial charge in [-0.1, -0.05) is 17.7 Å². The Morgan fingerprint density at radius 3 is 2.63 bits per heavy atom. The van der Waals surface area contributed by atoms with E-state index in [1.54, 1.807) is 0 Å². The number of nitrogens with one attached hydrogen (secondary N) is 2. The third-order valence-electron chi connectivity index (χ3n) is 3.42. The highest BCUT2D eigenvalue weighted by atomic mass is 35.5. The van der Waals surface area contributed by atoms with E-state index in [4.69, 9.17) is 0 Å². The molecule has 1 fully saturated rings. The Hall–Kier alpha value is -1.26. The molecule has 1 aromatic rings. The van der Waals surface area contributed by atoms with Crippen LogP contribution in [0.1, 0.15) is 18.4 Å². The molecule has 1 unspecified atom stereocenters. The third kappa shape index (κ3) is 4.40. The Kier molecular flexibility index (Phi) is 6.12. The van der Waals surface area contributed by atoms with Crippen molar-refractivity contribution in [1.29, 1.82) is 0 Å². The first-order valence-corrected chi connectivity index (χ1v) is 6.49. The molecule has 2 amide bonds. The van der Waals surface area contributed by atoms with Crippen molar-refractivity contribution < 1.29 is 4.79 Å². The van der Waals surface area contributed by atoms with Gasteiger partial charge in [0.15, 0.2) is 0 Å². The maximum Gasteiger partial charge on any atom is 0.321 e. The van der Waals surface area contributed by atoms with E-state index in [0.29, 0.717) is 6.04 Å². The number of rotatable bonds is 2. The molecule has 0 spiro atoms. The van der Waals surface area contributed by atoms with Gasteiger partial charge in [-0.2, -0.15) is 0 Å². The van der Waals surface area contributed by atoms with E-state index in [2.05, 4.69) is 10.6 Å². The van der Waals surface area contributed by atoms with Crippen molar-refractivity contribution in [1.82, 2.24) is 10.2 Å². The van der Waals surface area contributed by atoms with Crippen LogP contribution >= 0.6 is 12.4 Å². The van der Waals surface area contributed by atoms with Crippen molar-refractivity contribution in [3.05, 3.63) is 29.8 Å². The molecule has 1 aliphatic rings. The van der Waals surface area contributed by atoms with Crippen LogP contribution in [0.15, 0.2) is 24.3 Å². The maximum absolute atomic E-state index is 12.1. The quantitative estimate of drug-likeness (QED) is 0.876. The maximum atomic E-state index is 12.1. The van der Waals surface area contributed by atoms with Crippen molar-refractivity contribution >= 4 is 24.1 Å². The topological polar surface area (TPSA) is 44.4 Å². The number of nitrogens with zero attached hydrogens (tertiary/aromatic N) is 1. The van der Waals surface area contributed by atoms with Crippen LogP contribution in [0.4, 0.5) is 10.5 Å². The summed E-state index contributed by atoms with van der Waals surface area (Å²) in [7, 11) is 1.95. The second-order valence-electron chi connectivity index (χ2n) is 4.87. The van der Waals surface area contributed by atoms with Gasteiger partial charge in [0.25, 0.3) is 0 Å². The zero-order chi connectivity index (χ0) is 13.0. The molecule has 1 aliphatic heterocycles. The monoisotopic (exact) mass is 283 g/mol. The summed E-state index contributed by atoms with van der Waals surface area (Å²) in [6, 6.07) is 8.30. The molecule has 0 aromatic heterocycles. The van der Waals surface area contributed by atoms with Crippen LogP contribution in [0.2, 0.25) is 0 Å². The van der Waals surface area contributed by atoms with Gasteiger partial charge in [-0.15, -0.1) is 12.4 Å². The number of halogens is 1. The van der Waals surface area contributed by atoms with E-state index in [9.17, 15) is 4.79 Å². The molecule has 0 bridgehead atoms. The first kappa shape index (κ1) is 15.8. The van der Waals surface area contributed by atoms with Gasteiger partial charge in [0.2, 0.25) is 0 Å². The van der Waals surface area contributed by atoms with Crippen LogP contribution in [0, 0.1) is 6.92 Å². The van der Waals surface area contributed by atoms with Crippen molar-refractivity contribution in [2.24, 2.45) is 0 Å². The molecule has 19 heavy (non-hydrogen) atoms. The lowest BCUT2D eigenvalue weighted by molar-refractivity contribution is 0.187. The minimum atomic E-state index is -0.00111. The summed E-state index contributed by atoms with van der Waals surface area (Å²) in [6.45, 7) is 3.66. The molecule has 1 atom stereocenters. The number of likely N-dealkylation sites (N-methyl/N-ethyl adjacent to an activating group) is 1. The van der Waals surface area contributed by atoms with Gasteiger partial charge in [0.1, 0.15) is 0 Å². The number of piperidine rings is 1. The smallest absolute Gasteiger partial charge is 0.321 e. The molecular weight excluding hydrogens is 262 g/mol. The summed E-state index contributed by atoms with van der Waals surface area (Å²) in [5.41, 5.74) is 2.05. The summed E-state index contributed by atoms with van der Waals surface area (Å²) in [5.74, 6) is 0. The number of likely N-dealkylation sites (tertiary alicyclic amines) is 1. The van der Waals surface area contributed by atoms with Crippen LogP contribution in [0.3, 0.4) is 0 Å². The Balaban J connectivity index is 0.00000180. The number of hydrogen-bond donors (Lipinski definition) is 2. The third-order valence-corrected chi connectivity index (χ3v) is 3.42. The average Bonchev–Trinajstić information content (AvgIpc) is 2.41. The van der Waals surface area contributed by atoms with E-state index in [0.717, 1.165) is 31.6 Å². The van der Waals surface area contributed by atoms with Gasteiger partial charge in [0.05, 0.1) is 0 Å². The number of benzene rings is 1. The number of aryl methyl sites for hydroxylation is 1. The second kappa shape index (κ2) is 7.36. The number of amides is 2. The van der Waals surface area contributed by atoms with Crippen LogP contribution in [0.25, 0.3) is 0 Å². The highest BCUT2D eigenvalue weighted by Crippen LogP contribution is 2.13. The molecule has 106 valence electrons. The highest BCUT2D eigenvalue weighted by Gasteiger charge is 2.22. The van der Waals surface area contributed by atoms with Gasteiger partial charge in [-0.3, -0.25) is 0 Å². The normalized spacial score (nSPS) is 18.6. The van der Waals surface area contributed by atoms with Gasteiger partial charge >= 0.3 is 6.03 Å². The predicted molar refractivity (Wildman–Crippen MR) is 81.1 cm³/mol. The minimum absolute atomic E-state index is 0. The molecular formula is C14H22ClN3O. The van der Waals surface area contributed by atoms with E-state index in [-0.39, 0.29) is 18.4 Å². The molecule has 0 saturated carbocycles. The lowest BCUT2D eigenvalue weighted by Gasteiger charge is -2.32. The SMILES string of the molecule is CNC1CCCN(C(=O)Nc2ccc(C)cc2)C1.Cl. The van der Waals surface area contributed by atoms with Crippen LogP contribution < -0.4 is 10.6 Å². The number of anilines is 1. The lowest BCUT2D eigenvalue weighted by atomic mass is 10.1. The number of hydrogen-bond acceptors (Lipinski definition) is 2. The first-order valence-electron chi connectivity index (χ1n) is 6.49. The molecule has 2 N–H and O–H groups in total. The molecule has 0 radical (unpaired) electrons. The van der Waals surface area contributed by atoms with E-state index in [1.165, 1.54) is 5.56 Å². The molecule has 0 aliphatic carbocycles. The standard InChI is InChI=1S/C14H21N3O.ClH/c1-11-5-7-12(8-6-11)16-14(18)17-9-3-4-13(10-17)15-2;/h5-8,13,15H,3-4,9-10H2,1-2H3,(H,16,18);1H. The van der Waals surface area contributed by atoms with E-state index < -0.39 is 0 Å². The molecule has 1 aromatic carbocycles.